The summed E-state index contributed by atoms with van der Waals surface area (Å²) < 4.78 is 0. The van der Waals surface area contributed by atoms with Gasteiger partial charge in [-0.1, -0.05) is 0 Å². The van der Waals surface area contributed by atoms with Crippen LogP contribution in [0.3, 0.4) is 0 Å². The number of nitrogens with zero attached hydrogens (tertiary/aromatic N) is 1. The molecule has 1 atom stereocenters. The van der Waals surface area contributed by atoms with Crippen molar-refractivity contribution in [1.82, 2.24) is 0 Å². The van der Waals surface area contributed by atoms with Crippen molar-refractivity contribution in [2.45, 2.75) is 18.9 Å². The zero-order valence-electron chi connectivity index (χ0n) is 5.41. The van der Waals surface area contributed by atoms with Crippen LogP contribution < -0.4 is 5.73 Å². The van der Waals surface area contributed by atoms with E-state index in [1.165, 1.54) is 0 Å². The molecule has 1 unspecified atom stereocenters. The summed E-state index contributed by atoms with van der Waals surface area (Å²) >= 11 is 0. The Bertz CT molecular complexity index is 146. The summed E-state index contributed by atoms with van der Waals surface area (Å²) in [7, 11) is 0. The number of aldehydes is 1. The Kier molecular flexibility index (Phi) is 4.23. The first kappa shape index (κ1) is 8.90. The predicted molar refractivity (Wildman–Crippen MR) is 33.4 cm³/mol. The maximum Gasteiger partial charge on any atom is 0.280 e. The van der Waals surface area contributed by atoms with E-state index in [9.17, 15) is 9.59 Å². The number of rotatable bonds is 4. The Hall–Kier alpha value is -1.10. The van der Waals surface area contributed by atoms with Crippen LogP contribution in [0, 0.1) is 5.53 Å². The summed E-state index contributed by atoms with van der Waals surface area (Å²) in [6, 6.07) is -0.789. The fourth-order valence-corrected chi connectivity index (χ4v) is 0.454. The van der Waals surface area contributed by atoms with Gasteiger partial charge in [-0.25, -0.2) is 5.53 Å². The van der Waals surface area contributed by atoms with Crippen LogP contribution in [0.1, 0.15) is 12.8 Å². The molecule has 0 heterocycles. The molecule has 3 N–H and O–H groups in total. The fourth-order valence-electron chi connectivity index (χ4n) is 0.454. The predicted octanol–water partition coefficient (Wildman–Crippen LogP) is -0.150. The van der Waals surface area contributed by atoms with E-state index >= 15 is 0 Å². The topological polar surface area (TPSA) is 96.4 Å². The maximum absolute atomic E-state index is 10.4. The smallest absolute Gasteiger partial charge is 0.280 e. The van der Waals surface area contributed by atoms with E-state index in [1.807, 2.05) is 0 Å². The monoisotopic (exact) mass is 143 g/mol. The van der Waals surface area contributed by atoms with Crippen LogP contribution in [0.25, 0.3) is 0 Å². The van der Waals surface area contributed by atoms with Crippen molar-refractivity contribution in [1.29, 1.82) is 5.53 Å². The van der Waals surface area contributed by atoms with Crippen LogP contribution in [0.15, 0.2) is 5.11 Å². The van der Waals surface area contributed by atoms with Gasteiger partial charge >= 0.3 is 0 Å². The van der Waals surface area contributed by atoms with E-state index in [-0.39, 0.29) is 12.8 Å². The lowest BCUT2D eigenvalue weighted by Crippen LogP contribution is -2.28. The molecular weight excluding hydrogens is 134 g/mol. The van der Waals surface area contributed by atoms with Crippen LogP contribution in [0.5, 0.6) is 0 Å². The van der Waals surface area contributed by atoms with Crippen molar-refractivity contribution >= 4 is 12.2 Å². The standard InChI is InChI=1S/C5H9N3O2/c6-4(2-1-3-9)5(10)8-7/h3-4,7H,1-2,6H2. The first-order chi connectivity index (χ1) is 4.72. The molecule has 0 saturated heterocycles. The lowest BCUT2D eigenvalue weighted by atomic mass is 10.2. The summed E-state index contributed by atoms with van der Waals surface area (Å²) in [6.45, 7) is 0. The molecular formula is C5H9N3O2. The first-order valence-electron chi connectivity index (χ1n) is 2.83. The number of carbonyl (C=O) groups is 2. The molecule has 1 amide bonds. The third kappa shape index (κ3) is 3.03. The number of carbonyl (C=O) groups excluding carboxylic acids is 2. The number of nitrogens with one attached hydrogen (secondary N) is 1. The number of nitrogens with two attached hydrogens (primary N) is 1. The highest BCUT2D eigenvalue weighted by Crippen LogP contribution is 1.93. The first-order valence-corrected chi connectivity index (χ1v) is 2.83. The molecule has 0 aromatic carbocycles. The largest absolute Gasteiger partial charge is 0.320 e. The Morgan fingerprint density at radius 2 is 2.40 bits per heavy atom. The van der Waals surface area contributed by atoms with Crippen LogP contribution in [-0.2, 0) is 9.59 Å². The molecule has 0 aromatic heterocycles. The Balaban J connectivity index is 3.60. The van der Waals surface area contributed by atoms with Crippen LogP contribution in [0.2, 0.25) is 0 Å². The van der Waals surface area contributed by atoms with Gasteiger partial charge in [-0.15, -0.1) is 5.11 Å². The Morgan fingerprint density at radius 1 is 1.80 bits per heavy atom. The van der Waals surface area contributed by atoms with Crippen molar-refractivity contribution in [2.24, 2.45) is 10.8 Å². The van der Waals surface area contributed by atoms with Gasteiger partial charge in [-0.2, -0.15) is 0 Å². The van der Waals surface area contributed by atoms with Gasteiger partial charge in [-0.3, -0.25) is 4.79 Å². The molecule has 0 aliphatic carbocycles. The molecule has 0 spiro atoms. The average molecular weight is 143 g/mol. The molecule has 0 aliphatic rings. The van der Waals surface area contributed by atoms with E-state index in [0.717, 1.165) is 0 Å². The summed E-state index contributed by atoms with van der Waals surface area (Å²) in [5.74, 6) is -0.679. The third-order valence-corrected chi connectivity index (χ3v) is 1.02. The molecule has 0 fully saturated rings. The lowest BCUT2D eigenvalue weighted by molar-refractivity contribution is -0.120. The van der Waals surface area contributed by atoms with E-state index < -0.39 is 11.9 Å². The zero-order valence-corrected chi connectivity index (χ0v) is 5.41. The minimum atomic E-state index is -0.789. The van der Waals surface area contributed by atoms with Crippen molar-refractivity contribution in [3.63, 3.8) is 0 Å². The van der Waals surface area contributed by atoms with Crippen LogP contribution in [0.4, 0.5) is 0 Å². The number of hydrogen-bond donors (Lipinski definition) is 2. The molecule has 0 aromatic rings. The highest BCUT2D eigenvalue weighted by atomic mass is 16.2. The second kappa shape index (κ2) is 4.75. The second-order valence-electron chi connectivity index (χ2n) is 1.80. The highest BCUT2D eigenvalue weighted by molar-refractivity contribution is 5.81. The number of amides is 1. The SMILES string of the molecule is N=NC(=O)C(N)CCC=O. The second-order valence-corrected chi connectivity index (χ2v) is 1.80. The quantitative estimate of drug-likeness (QED) is 0.423. The molecule has 10 heavy (non-hydrogen) atoms. The number of hydrogen-bond acceptors (Lipinski definition) is 4. The molecule has 0 saturated carbocycles. The van der Waals surface area contributed by atoms with Crippen molar-refractivity contribution in [3.05, 3.63) is 0 Å². The van der Waals surface area contributed by atoms with Crippen molar-refractivity contribution < 1.29 is 9.59 Å². The molecule has 0 bridgehead atoms. The molecule has 5 nitrogen and oxygen atoms in total. The van der Waals surface area contributed by atoms with Gasteiger partial charge in [0.15, 0.2) is 0 Å². The Labute approximate surface area is 58.1 Å². The zero-order chi connectivity index (χ0) is 7.98. The minimum absolute atomic E-state index is 0.239. The normalized spacial score (nSPS) is 12.1. The fraction of sp³-hybridized carbons (Fsp3) is 0.600. The summed E-state index contributed by atoms with van der Waals surface area (Å²) in [5, 5.41) is 2.61. The average Bonchev–Trinajstić information content (AvgIpc) is 1.98. The lowest BCUT2D eigenvalue weighted by Gasteiger charge is -2.00. The van der Waals surface area contributed by atoms with Gasteiger partial charge in [0.2, 0.25) is 0 Å². The van der Waals surface area contributed by atoms with Crippen molar-refractivity contribution in [2.75, 3.05) is 0 Å². The molecule has 0 rings (SSSR count). The van der Waals surface area contributed by atoms with E-state index in [1.54, 1.807) is 0 Å². The van der Waals surface area contributed by atoms with Gasteiger partial charge in [0.05, 0.1) is 6.04 Å². The summed E-state index contributed by atoms with van der Waals surface area (Å²) in [5.41, 5.74) is 11.5. The van der Waals surface area contributed by atoms with E-state index in [2.05, 4.69) is 5.11 Å². The van der Waals surface area contributed by atoms with Gasteiger partial charge in [0, 0.05) is 6.42 Å². The molecule has 0 radical (unpaired) electrons. The van der Waals surface area contributed by atoms with Gasteiger partial charge in [0.1, 0.15) is 6.29 Å². The maximum atomic E-state index is 10.4. The highest BCUT2D eigenvalue weighted by Gasteiger charge is 2.10. The van der Waals surface area contributed by atoms with Crippen LogP contribution in [-0.4, -0.2) is 18.2 Å². The third-order valence-electron chi connectivity index (χ3n) is 1.02. The van der Waals surface area contributed by atoms with Crippen molar-refractivity contribution in [3.8, 4) is 0 Å². The van der Waals surface area contributed by atoms with E-state index in [0.29, 0.717) is 6.29 Å². The molecule has 5 heteroatoms. The van der Waals surface area contributed by atoms with E-state index in [4.69, 9.17) is 11.3 Å². The molecule has 0 aliphatic heterocycles. The summed E-state index contributed by atoms with van der Waals surface area (Å²) in [6.07, 6.45) is 1.18. The minimum Gasteiger partial charge on any atom is -0.320 e. The summed E-state index contributed by atoms with van der Waals surface area (Å²) in [4.78, 5) is 20.2. The van der Waals surface area contributed by atoms with Gasteiger partial charge in [0.25, 0.3) is 5.91 Å². The molecule has 56 valence electrons. The van der Waals surface area contributed by atoms with Gasteiger partial charge in [-0.05, 0) is 6.42 Å². The van der Waals surface area contributed by atoms with Gasteiger partial charge < -0.3 is 10.5 Å². The Morgan fingerprint density at radius 3 is 2.80 bits per heavy atom. The van der Waals surface area contributed by atoms with Crippen LogP contribution >= 0.6 is 0 Å².